The molecule has 1 fully saturated rings. The van der Waals surface area contributed by atoms with Gasteiger partial charge >= 0.3 is 6.18 Å². The van der Waals surface area contributed by atoms with Crippen LogP contribution < -0.4 is 15.6 Å². The second-order valence-corrected chi connectivity index (χ2v) is 9.29. The van der Waals surface area contributed by atoms with Crippen molar-refractivity contribution in [3.63, 3.8) is 0 Å². The summed E-state index contributed by atoms with van der Waals surface area (Å²) in [7, 11) is 0. The van der Waals surface area contributed by atoms with Crippen molar-refractivity contribution in [3.8, 4) is 5.75 Å². The largest absolute Gasteiger partial charge is 0.481 e. The Morgan fingerprint density at radius 3 is 2.58 bits per heavy atom. The van der Waals surface area contributed by atoms with Crippen molar-refractivity contribution >= 4 is 34.4 Å². The van der Waals surface area contributed by atoms with Crippen LogP contribution in [-0.4, -0.2) is 74.9 Å². The van der Waals surface area contributed by atoms with E-state index in [0.717, 1.165) is 0 Å². The van der Waals surface area contributed by atoms with E-state index in [0.29, 0.717) is 36.5 Å². The molecular formula is C24H25ClF3N5O5. The molecule has 0 spiro atoms. The molecule has 1 aromatic carbocycles. The lowest BCUT2D eigenvalue weighted by atomic mass is 10.0. The van der Waals surface area contributed by atoms with Gasteiger partial charge in [0.05, 0.1) is 6.54 Å². The number of hydrogen-bond donors (Lipinski definition) is 3. The maximum Gasteiger partial charge on any atom is 0.422 e. The molecule has 204 valence electrons. The topological polar surface area (TPSA) is 130 Å². The summed E-state index contributed by atoms with van der Waals surface area (Å²) in [4.78, 5) is 46.7. The molecule has 3 aromatic rings. The third-order valence-corrected chi connectivity index (χ3v) is 6.64. The van der Waals surface area contributed by atoms with Gasteiger partial charge in [0.25, 0.3) is 11.5 Å². The molecule has 38 heavy (non-hydrogen) atoms. The van der Waals surface area contributed by atoms with E-state index in [1.807, 2.05) is 0 Å². The van der Waals surface area contributed by atoms with Crippen LogP contribution in [0.25, 0.3) is 11.0 Å². The van der Waals surface area contributed by atoms with Crippen LogP contribution in [0.1, 0.15) is 34.7 Å². The number of benzene rings is 1. The van der Waals surface area contributed by atoms with Gasteiger partial charge in [0.15, 0.2) is 12.4 Å². The Bertz CT molecular complexity index is 1410. The molecule has 2 aromatic heterocycles. The Kier molecular flexibility index (Phi) is 7.97. The molecule has 0 saturated carbocycles. The standard InChI is InChI=1S/C24H25ClF3N5O5/c1-13-29-21-18(23(37)33(13)10-14-4-2-3-5-16(14)25)20(38-12-24(26,27)28)19(31-21)22(36)30-15-6-8-32(9-7-15)17(35)11-34/h2-5,15,31,34H,6-12H2,1H3,(H,30,36). The van der Waals surface area contributed by atoms with Gasteiger partial charge in [0.2, 0.25) is 5.91 Å². The maximum atomic E-state index is 13.5. The number of alkyl halides is 3. The van der Waals surface area contributed by atoms with Gasteiger partial charge in [-0.15, -0.1) is 0 Å². The smallest absolute Gasteiger partial charge is 0.422 e. The number of aromatic amines is 1. The first-order valence-corrected chi connectivity index (χ1v) is 12.1. The minimum atomic E-state index is -4.72. The van der Waals surface area contributed by atoms with Gasteiger partial charge in [-0.25, -0.2) is 4.98 Å². The fourth-order valence-electron chi connectivity index (χ4n) is 4.33. The van der Waals surface area contributed by atoms with Gasteiger partial charge in [-0.1, -0.05) is 29.8 Å². The molecule has 1 aliphatic rings. The highest BCUT2D eigenvalue weighted by Crippen LogP contribution is 2.30. The van der Waals surface area contributed by atoms with E-state index in [2.05, 4.69) is 15.3 Å². The predicted octanol–water partition coefficient (Wildman–Crippen LogP) is 2.39. The van der Waals surface area contributed by atoms with Crippen molar-refractivity contribution in [1.82, 2.24) is 24.8 Å². The number of aryl methyl sites for hydroxylation is 1. The fraction of sp³-hybridized carbons (Fsp3) is 0.417. The number of amides is 2. The number of aromatic nitrogens is 3. The van der Waals surface area contributed by atoms with E-state index in [4.69, 9.17) is 21.4 Å². The number of rotatable bonds is 7. The minimum Gasteiger partial charge on any atom is -0.481 e. The average Bonchev–Trinajstić information content (AvgIpc) is 3.24. The highest BCUT2D eigenvalue weighted by atomic mass is 35.5. The summed E-state index contributed by atoms with van der Waals surface area (Å²) < 4.78 is 45.4. The van der Waals surface area contributed by atoms with Crippen molar-refractivity contribution in [3.05, 3.63) is 56.7 Å². The number of aliphatic hydroxyl groups is 1. The number of halogens is 4. The van der Waals surface area contributed by atoms with E-state index in [1.54, 1.807) is 31.2 Å². The monoisotopic (exact) mass is 555 g/mol. The number of piperidine rings is 1. The molecule has 0 unspecified atom stereocenters. The number of nitrogens with one attached hydrogen (secondary N) is 2. The lowest BCUT2D eigenvalue weighted by molar-refractivity contribution is -0.153. The molecule has 3 N–H and O–H groups in total. The molecule has 1 saturated heterocycles. The SMILES string of the molecule is Cc1nc2[nH]c(C(=O)NC3CCN(C(=O)CO)CC3)c(OCC(F)(F)F)c2c(=O)n1Cc1ccccc1Cl. The zero-order valence-corrected chi connectivity index (χ0v) is 21.0. The molecule has 2 amide bonds. The maximum absolute atomic E-state index is 13.5. The zero-order chi connectivity index (χ0) is 27.6. The second-order valence-electron chi connectivity index (χ2n) is 8.88. The molecule has 0 aliphatic carbocycles. The number of carbonyl (C=O) groups is 2. The number of fused-ring (bicyclic) bond motifs is 1. The number of hydrogen-bond acceptors (Lipinski definition) is 6. The van der Waals surface area contributed by atoms with Gasteiger partial charge in [-0.3, -0.25) is 19.0 Å². The summed E-state index contributed by atoms with van der Waals surface area (Å²) in [6.45, 7) is -0.199. The minimum absolute atomic E-state index is 0.00380. The third kappa shape index (κ3) is 5.94. The highest BCUT2D eigenvalue weighted by molar-refractivity contribution is 6.31. The average molecular weight is 556 g/mol. The number of H-pyrrole nitrogens is 1. The Labute approximate surface area is 219 Å². The quantitative estimate of drug-likeness (QED) is 0.410. The van der Waals surface area contributed by atoms with Crippen molar-refractivity contribution in [2.75, 3.05) is 26.3 Å². The summed E-state index contributed by atoms with van der Waals surface area (Å²) in [6.07, 6.45) is -3.98. The van der Waals surface area contributed by atoms with Crippen LogP contribution in [0.2, 0.25) is 5.02 Å². The van der Waals surface area contributed by atoms with Crippen molar-refractivity contribution < 1.29 is 32.6 Å². The molecule has 0 radical (unpaired) electrons. The number of aliphatic hydroxyl groups excluding tert-OH is 1. The van der Waals surface area contributed by atoms with Crippen LogP contribution in [0.4, 0.5) is 13.2 Å². The van der Waals surface area contributed by atoms with Crippen LogP contribution in [-0.2, 0) is 11.3 Å². The summed E-state index contributed by atoms with van der Waals surface area (Å²) in [5.74, 6) is -1.50. The van der Waals surface area contributed by atoms with Crippen molar-refractivity contribution in [2.24, 2.45) is 0 Å². The summed E-state index contributed by atoms with van der Waals surface area (Å²) in [5.41, 5.74) is -0.556. The van der Waals surface area contributed by atoms with Crippen molar-refractivity contribution in [1.29, 1.82) is 0 Å². The molecule has 3 heterocycles. The molecular weight excluding hydrogens is 531 g/mol. The van der Waals surface area contributed by atoms with Crippen LogP contribution in [0.3, 0.4) is 0 Å². The van der Waals surface area contributed by atoms with E-state index >= 15 is 0 Å². The first-order chi connectivity index (χ1) is 18.0. The second kappa shape index (κ2) is 11.0. The number of ether oxygens (including phenoxy) is 1. The van der Waals surface area contributed by atoms with Gasteiger partial charge in [0, 0.05) is 24.2 Å². The first kappa shape index (κ1) is 27.5. The molecule has 4 rings (SSSR count). The highest BCUT2D eigenvalue weighted by Gasteiger charge is 2.33. The fourth-order valence-corrected chi connectivity index (χ4v) is 4.52. The van der Waals surface area contributed by atoms with E-state index < -0.39 is 48.6 Å². The Hall–Kier alpha value is -3.58. The van der Waals surface area contributed by atoms with Gasteiger partial charge < -0.3 is 25.0 Å². The van der Waals surface area contributed by atoms with Crippen molar-refractivity contribution in [2.45, 2.75) is 38.5 Å². The molecule has 1 aliphatic heterocycles. The Morgan fingerprint density at radius 2 is 1.95 bits per heavy atom. The van der Waals surface area contributed by atoms with Crippen LogP contribution >= 0.6 is 11.6 Å². The molecule has 0 bridgehead atoms. The number of carbonyl (C=O) groups excluding carboxylic acids is 2. The summed E-state index contributed by atoms with van der Waals surface area (Å²) in [5, 5.41) is 11.8. The van der Waals surface area contributed by atoms with Gasteiger partial charge in [-0.2, -0.15) is 13.2 Å². The first-order valence-electron chi connectivity index (χ1n) is 11.7. The van der Waals surface area contributed by atoms with Crippen LogP contribution in [0.5, 0.6) is 5.75 Å². The Balaban J connectivity index is 1.68. The summed E-state index contributed by atoms with van der Waals surface area (Å²) >= 11 is 6.22. The molecule has 0 atom stereocenters. The Morgan fingerprint density at radius 1 is 1.26 bits per heavy atom. The number of likely N-dealkylation sites (tertiary alicyclic amines) is 1. The van der Waals surface area contributed by atoms with Crippen LogP contribution in [0, 0.1) is 6.92 Å². The van der Waals surface area contributed by atoms with Crippen LogP contribution in [0.15, 0.2) is 29.1 Å². The number of nitrogens with zero attached hydrogens (tertiary/aromatic N) is 3. The predicted molar refractivity (Wildman–Crippen MR) is 131 cm³/mol. The lowest BCUT2D eigenvalue weighted by Gasteiger charge is -2.32. The lowest BCUT2D eigenvalue weighted by Crippen LogP contribution is -2.47. The van der Waals surface area contributed by atoms with Gasteiger partial charge in [-0.05, 0) is 31.4 Å². The van der Waals surface area contributed by atoms with E-state index in [1.165, 1.54) is 9.47 Å². The zero-order valence-electron chi connectivity index (χ0n) is 20.3. The normalized spacial score (nSPS) is 14.6. The van der Waals surface area contributed by atoms with E-state index in [9.17, 15) is 27.6 Å². The molecule has 14 heteroatoms. The van der Waals surface area contributed by atoms with E-state index in [-0.39, 0.29) is 29.1 Å². The molecule has 10 nitrogen and oxygen atoms in total. The van der Waals surface area contributed by atoms with Gasteiger partial charge in [0.1, 0.15) is 29.2 Å². The summed E-state index contributed by atoms with van der Waals surface area (Å²) in [6, 6.07) is 6.41. The third-order valence-electron chi connectivity index (χ3n) is 6.27.